The maximum Gasteiger partial charge on any atom is 0.116 e. The topological polar surface area (TPSA) is 48.3 Å². The van der Waals surface area contributed by atoms with Crippen molar-refractivity contribution < 1.29 is 4.74 Å². The van der Waals surface area contributed by atoms with Crippen molar-refractivity contribution in [3.63, 3.8) is 0 Å². The Morgan fingerprint density at radius 2 is 2.33 bits per heavy atom. The Bertz CT molecular complexity index is 251. The predicted octanol–water partition coefficient (Wildman–Crippen LogP) is 0.597. The minimum absolute atomic E-state index is 0.273. The third-order valence-corrected chi connectivity index (χ3v) is 3.27. The minimum Gasteiger partial charge on any atom is -0.377 e. The van der Waals surface area contributed by atoms with Crippen LogP contribution in [-0.2, 0) is 4.74 Å². The summed E-state index contributed by atoms with van der Waals surface area (Å²) >= 11 is 0. The van der Waals surface area contributed by atoms with Crippen LogP contribution in [-0.4, -0.2) is 49.8 Å². The molecule has 1 aliphatic rings. The minimum atomic E-state index is -0.475. The van der Waals surface area contributed by atoms with E-state index in [1.807, 2.05) is 14.0 Å². The van der Waals surface area contributed by atoms with E-state index in [0.29, 0.717) is 6.04 Å². The van der Waals surface area contributed by atoms with Crippen molar-refractivity contribution >= 4 is 0 Å². The summed E-state index contributed by atoms with van der Waals surface area (Å²) in [4.78, 5) is 2.22. The number of nitrogens with zero attached hydrogens (tertiary/aromatic N) is 2. The quantitative estimate of drug-likeness (QED) is 0.739. The van der Waals surface area contributed by atoms with Gasteiger partial charge in [-0.2, -0.15) is 5.26 Å². The van der Waals surface area contributed by atoms with E-state index in [9.17, 15) is 0 Å². The Morgan fingerprint density at radius 3 is 2.73 bits per heavy atom. The standard InChI is InChI=1S/C11H21N3O/c1-9-10(5-6-15-9)14(4)8-11(2,7-12)13-3/h9-10,13H,5-6,8H2,1-4H3. The van der Waals surface area contributed by atoms with Crippen LogP contribution in [0.3, 0.4) is 0 Å². The summed E-state index contributed by atoms with van der Waals surface area (Å²) in [5.41, 5.74) is -0.475. The van der Waals surface area contributed by atoms with E-state index < -0.39 is 5.54 Å². The molecule has 0 saturated carbocycles. The van der Waals surface area contributed by atoms with E-state index in [2.05, 4.69) is 30.3 Å². The lowest BCUT2D eigenvalue weighted by atomic mass is 10.0. The average molecular weight is 211 g/mol. The van der Waals surface area contributed by atoms with Crippen LogP contribution in [0.15, 0.2) is 0 Å². The van der Waals surface area contributed by atoms with Gasteiger partial charge in [0, 0.05) is 19.2 Å². The first-order valence-corrected chi connectivity index (χ1v) is 5.44. The summed E-state index contributed by atoms with van der Waals surface area (Å²) < 4.78 is 5.52. The van der Waals surface area contributed by atoms with Crippen molar-refractivity contribution in [2.24, 2.45) is 0 Å². The van der Waals surface area contributed by atoms with Crippen LogP contribution >= 0.6 is 0 Å². The molecule has 0 spiro atoms. The van der Waals surface area contributed by atoms with Crippen molar-refractivity contribution in [1.29, 1.82) is 5.26 Å². The Labute approximate surface area is 92.2 Å². The number of likely N-dealkylation sites (N-methyl/N-ethyl adjacent to an activating group) is 2. The molecule has 0 amide bonds. The fraction of sp³-hybridized carbons (Fsp3) is 0.909. The maximum absolute atomic E-state index is 9.07. The van der Waals surface area contributed by atoms with Crippen LogP contribution in [0.5, 0.6) is 0 Å². The molecule has 3 atom stereocenters. The fourth-order valence-electron chi connectivity index (χ4n) is 2.09. The molecular formula is C11H21N3O. The van der Waals surface area contributed by atoms with Gasteiger partial charge in [-0.1, -0.05) is 0 Å². The zero-order valence-electron chi connectivity index (χ0n) is 10.1. The van der Waals surface area contributed by atoms with Gasteiger partial charge in [0.25, 0.3) is 0 Å². The maximum atomic E-state index is 9.07. The fourth-order valence-corrected chi connectivity index (χ4v) is 2.09. The molecule has 1 heterocycles. The second-order valence-electron chi connectivity index (χ2n) is 4.54. The summed E-state index contributed by atoms with van der Waals surface area (Å²) in [6, 6.07) is 2.74. The highest BCUT2D eigenvalue weighted by atomic mass is 16.5. The van der Waals surface area contributed by atoms with Crippen molar-refractivity contribution in [1.82, 2.24) is 10.2 Å². The van der Waals surface area contributed by atoms with Crippen LogP contribution in [0.1, 0.15) is 20.3 Å². The zero-order valence-corrected chi connectivity index (χ0v) is 10.1. The van der Waals surface area contributed by atoms with Crippen molar-refractivity contribution in [2.45, 2.75) is 38.0 Å². The molecule has 1 N–H and O–H groups in total. The highest BCUT2D eigenvalue weighted by Gasteiger charge is 2.32. The molecule has 0 aromatic heterocycles. The Kier molecular flexibility index (Phi) is 4.09. The van der Waals surface area contributed by atoms with Gasteiger partial charge in [0.05, 0.1) is 12.2 Å². The number of rotatable bonds is 4. The van der Waals surface area contributed by atoms with E-state index in [0.717, 1.165) is 19.6 Å². The molecule has 4 heteroatoms. The van der Waals surface area contributed by atoms with E-state index in [-0.39, 0.29) is 6.10 Å². The van der Waals surface area contributed by atoms with Gasteiger partial charge in [-0.3, -0.25) is 4.90 Å². The summed E-state index contributed by atoms with van der Waals surface area (Å²) in [6.45, 7) is 5.57. The van der Waals surface area contributed by atoms with Gasteiger partial charge in [0.15, 0.2) is 0 Å². The Morgan fingerprint density at radius 1 is 1.67 bits per heavy atom. The largest absolute Gasteiger partial charge is 0.377 e. The van der Waals surface area contributed by atoms with Gasteiger partial charge in [-0.05, 0) is 34.4 Å². The SMILES string of the molecule is CNC(C)(C#N)CN(C)C1CCOC1C. The highest BCUT2D eigenvalue weighted by molar-refractivity contribution is 5.05. The first-order valence-electron chi connectivity index (χ1n) is 5.44. The van der Waals surface area contributed by atoms with Gasteiger partial charge in [-0.25, -0.2) is 0 Å². The molecule has 86 valence electrons. The van der Waals surface area contributed by atoms with Crippen molar-refractivity contribution in [3.05, 3.63) is 0 Å². The molecule has 1 rings (SSSR count). The van der Waals surface area contributed by atoms with E-state index in [4.69, 9.17) is 10.00 Å². The lowest BCUT2D eigenvalue weighted by Gasteiger charge is -2.32. The summed E-state index contributed by atoms with van der Waals surface area (Å²) in [7, 11) is 3.88. The normalized spacial score (nSPS) is 30.1. The molecule has 1 fully saturated rings. The smallest absolute Gasteiger partial charge is 0.116 e. The lowest BCUT2D eigenvalue weighted by Crippen LogP contribution is -2.51. The third kappa shape index (κ3) is 2.91. The zero-order chi connectivity index (χ0) is 11.5. The van der Waals surface area contributed by atoms with Gasteiger partial charge < -0.3 is 10.1 Å². The highest BCUT2D eigenvalue weighted by Crippen LogP contribution is 2.19. The van der Waals surface area contributed by atoms with Crippen LogP contribution in [0.25, 0.3) is 0 Å². The van der Waals surface area contributed by atoms with Crippen molar-refractivity contribution in [2.75, 3.05) is 27.2 Å². The van der Waals surface area contributed by atoms with Gasteiger partial charge in [0.1, 0.15) is 5.54 Å². The van der Waals surface area contributed by atoms with Gasteiger partial charge >= 0.3 is 0 Å². The van der Waals surface area contributed by atoms with E-state index in [1.165, 1.54) is 0 Å². The number of hydrogen-bond donors (Lipinski definition) is 1. The third-order valence-electron chi connectivity index (χ3n) is 3.27. The molecule has 1 aliphatic heterocycles. The Balaban J connectivity index is 2.55. The molecule has 1 saturated heterocycles. The van der Waals surface area contributed by atoms with Crippen LogP contribution in [0.4, 0.5) is 0 Å². The molecule has 0 aromatic carbocycles. The molecule has 0 radical (unpaired) electrons. The number of hydrogen-bond acceptors (Lipinski definition) is 4. The van der Waals surface area contributed by atoms with E-state index in [1.54, 1.807) is 0 Å². The predicted molar refractivity (Wildman–Crippen MR) is 59.5 cm³/mol. The number of nitrogens with one attached hydrogen (secondary N) is 1. The monoisotopic (exact) mass is 211 g/mol. The molecule has 15 heavy (non-hydrogen) atoms. The summed E-state index contributed by atoms with van der Waals surface area (Å²) in [5, 5.41) is 12.1. The lowest BCUT2D eigenvalue weighted by molar-refractivity contribution is 0.0780. The molecule has 0 bridgehead atoms. The summed E-state index contributed by atoms with van der Waals surface area (Å²) in [5.74, 6) is 0. The molecule has 0 aromatic rings. The second kappa shape index (κ2) is 4.93. The van der Waals surface area contributed by atoms with Crippen molar-refractivity contribution in [3.8, 4) is 6.07 Å². The van der Waals surface area contributed by atoms with Gasteiger partial charge in [0.2, 0.25) is 0 Å². The number of ether oxygens (including phenoxy) is 1. The Hall–Kier alpha value is -0.630. The van der Waals surface area contributed by atoms with Crippen LogP contribution < -0.4 is 5.32 Å². The summed E-state index contributed by atoms with van der Waals surface area (Å²) in [6.07, 6.45) is 1.33. The van der Waals surface area contributed by atoms with Crippen LogP contribution in [0.2, 0.25) is 0 Å². The molecular weight excluding hydrogens is 190 g/mol. The van der Waals surface area contributed by atoms with Crippen LogP contribution in [0, 0.1) is 11.3 Å². The molecule has 3 unspecified atom stereocenters. The second-order valence-corrected chi connectivity index (χ2v) is 4.54. The first-order chi connectivity index (χ1) is 7.02. The molecule has 0 aliphatic carbocycles. The average Bonchev–Trinajstić information content (AvgIpc) is 2.64. The first kappa shape index (κ1) is 12.4. The number of nitriles is 1. The van der Waals surface area contributed by atoms with E-state index >= 15 is 0 Å². The van der Waals surface area contributed by atoms with Gasteiger partial charge in [-0.15, -0.1) is 0 Å². The molecule has 4 nitrogen and oxygen atoms in total.